The number of hydrogen-bond acceptors (Lipinski definition) is 3. The number of likely N-dealkylation sites (tertiary alicyclic amines) is 1. The Morgan fingerprint density at radius 3 is 2.38 bits per heavy atom. The van der Waals surface area contributed by atoms with Crippen molar-refractivity contribution < 1.29 is 22.8 Å². The molecule has 0 saturated carbocycles. The molecule has 1 aromatic rings. The van der Waals surface area contributed by atoms with Gasteiger partial charge in [-0.1, -0.05) is 6.07 Å². The topological polar surface area (TPSA) is 62.3 Å². The third kappa shape index (κ3) is 4.24. The third-order valence-corrected chi connectivity index (χ3v) is 4.21. The van der Waals surface area contributed by atoms with E-state index < -0.39 is 23.5 Å². The van der Waals surface area contributed by atoms with Crippen molar-refractivity contribution in [3.63, 3.8) is 0 Å². The normalized spacial score (nSPS) is 16.8. The van der Waals surface area contributed by atoms with Gasteiger partial charge in [0, 0.05) is 31.4 Å². The molecule has 132 valence electrons. The minimum absolute atomic E-state index is 0.0657. The van der Waals surface area contributed by atoms with Gasteiger partial charge in [-0.3, -0.25) is 14.6 Å². The predicted octanol–water partition coefficient (Wildman–Crippen LogP) is 2.23. The molecule has 0 atom stereocenters. The van der Waals surface area contributed by atoms with Gasteiger partial charge in [-0.15, -0.1) is 0 Å². The molecule has 0 bridgehead atoms. The van der Waals surface area contributed by atoms with Crippen molar-refractivity contribution in [2.24, 2.45) is 5.92 Å². The zero-order chi connectivity index (χ0) is 18.0. The van der Waals surface area contributed by atoms with Crippen molar-refractivity contribution in [3.05, 3.63) is 30.1 Å². The maximum Gasteiger partial charge on any atom is 0.471 e. The zero-order valence-electron chi connectivity index (χ0n) is 13.6. The molecule has 0 spiro atoms. The monoisotopic (exact) mass is 343 g/mol. The molecular weight excluding hydrogens is 323 g/mol. The Hall–Kier alpha value is -2.12. The molecule has 24 heavy (non-hydrogen) atoms. The minimum atomic E-state index is -4.86. The van der Waals surface area contributed by atoms with Crippen molar-refractivity contribution in [1.82, 2.24) is 15.2 Å². The van der Waals surface area contributed by atoms with Crippen LogP contribution in [0.3, 0.4) is 0 Å². The third-order valence-electron chi connectivity index (χ3n) is 4.21. The fourth-order valence-electron chi connectivity index (χ4n) is 2.74. The van der Waals surface area contributed by atoms with Crippen LogP contribution in [-0.2, 0) is 15.1 Å². The van der Waals surface area contributed by atoms with E-state index in [1.807, 2.05) is 19.9 Å². The molecule has 1 aliphatic heterocycles. The number of pyridine rings is 1. The summed E-state index contributed by atoms with van der Waals surface area (Å²) in [5.41, 5.74) is 0.201. The Bertz CT molecular complexity index is 594. The number of halogens is 3. The highest BCUT2D eigenvalue weighted by Gasteiger charge is 2.44. The maximum atomic E-state index is 12.4. The number of nitrogens with zero attached hydrogens (tertiary/aromatic N) is 2. The summed E-state index contributed by atoms with van der Waals surface area (Å²) in [5, 5.41) is 2.91. The van der Waals surface area contributed by atoms with Gasteiger partial charge < -0.3 is 10.2 Å². The summed E-state index contributed by atoms with van der Waals surface area (Å²) in [7, 11) is 0. The molecule has 1 aliphatic rings. The number of hydrogen-bond donors (Lipinski definition) is 1. The van der Waals surface area contributed by atoms with Crippen molar-refractivity contribution in [2.75, 3.05) is 13.1 Å². The molecule has 2 heterocycles. The van der Waals surface area contributed by atoms with E-state index in [2.05, 4.69) is 10.3 Å². The molecule has 1 fully saturated rings. The minimum Gasteiger partial charge on any atom is -0.347 e. The molecular formula is C16H20F3N3O2. The molecule has 8 heteroatoms. The fraction of sp³-hybridized carbons (Fsp3) is 0.562. The lowest BCUT2D eigenvalue weighted by Gasteiger charge is -2.34. The standard InChI is InChI=1S/C16H20F3N3O2/c1-15(2,12-4-3-7-20-10-12)21-13(23)11-5-8-22(9-6-11)14(24)16(17,18)19/h3-4,7,10-11H,5-6,8-9H2,1-2H3,(H,21,23). The van der Waals surface area contributed by atoms with E-state index in [1.165, 1.54) is 0 Å². The summed E-state index contributed by atoms with van der Waals surface area (Å²) in [4.78, 5) is 28.4. The van der Waals surface area contributed by atoms with Crippen molar-refractivity contribution >= 4 is 11.8 Å². The molecule has 1 saturated heterocycles. The summed E-state index contributed by atoms with van der Waals surface area (Å²) in [6, 6.07) is 3.61. The Kier molecular flexibility index (Phi) is 5.15. The van der Waals surface area contributed by atoms with Crippen LogP contribution in [0.2, 0.25) is 0 Å². The van der Waals surface area contributed by atoms with Crippen molar-refractivity contribution in [3.8, 4) is 0 Å². The highest BCUT2D eigenvalue weighted by molar-refractivity contribution is 5.83. The molecule has 0 aliphatic carbocycles. The van der Waals surface area contributed by atoms with Gasteiger partial charge in [0.05, 0.1) is 5.54 Å². The van der Waals surface area contributed by atoms with Crippen molar-refractivity contribution in [2.45, 2.75) is 38.4 Å². The number of alkyl halides is 3. The number of carbonyl (C=O) groups excluding carboxylic acids is 2. The van der Waals surface area contributed by atoms with Gasteiger partial charge in [-0.25, -0.2) is 0 Å². The summed E-state index contributed by atoms with van der Waals surface area (Å²) in [6.45, 7) is 3.54. The lowest BCUT2D eigenvalue weighted by atomic mass is 9.91. The summed E-state index contributed by atoms with van der Waals surface area (Å²) in [5.74, 6) is -2.46. The molecule has 1 N–H and O–H groups in total. The SMILES string of the molecule is CC(C)(NC(=O)C1CCN(C(=O)C(F)(F)F)CC1)c1cccnc1. The predicted molar refractivity (Wildman–Crippen MR) is 80.8 cm³/mol. The number of nitrogens with one attached hydrogen (secondary N) is 1. The lowest BCUT2D eigenvalue weighted by molar-refractivity contribution is -0.186. The highest BCUT2D eigenvalue weighted by Crippen LogP contribution is 2.25. The second-order valence-electron chi connectivity index (χ2n) is 6.42. The van der Waals surface area contributed by atoms with Crippen LogP contribution in [0.1, 0.15) is 32.3 Å². The van der Waals surface area contributed by atoms with Crippen LogP contribution in [0.25, 0.3) is 0 Å². The van der Waals surface area contributed by atoms with E-state index >= 15 is 0 Å². The van der Waals surface area contributed by atoms with Crippen LogP contribution in [0.5, 0.6) is 0 Å². The first-order valence-electron chi connectivity index (χ1n) is 7.70. The molecule has 0 aromatic carbocycles. The maximum absolute atomic E-state index is 12.4. The number of piperidine rings is 1. The molecule has 0 unspecified atom stereocenters. The second-order valence-corrected chi connectivity index (χ2v) is 6.42. The quantitative estimate of drug-likeness (QED) is 0.915. The number of amides is 2. The smallest absolute Gasteiger partial charge is 0.347 e. The Balaban J connectivity index is 1.93. The van der Waals surface area contributed by atoms with E-state index in [4.69, 9.17) is 0 Å². The van der Waals surface area contributed by atoms with E-state index in [9.17, 15) is 22.8 Å². The molecule has 2 amide bonds. The van der Waals surface area contributed by atoms with Gasteiger partial charge >= 0.3 is 12.1 Å². The van der Waals surface area contributed by atoms with E-state index in [-0.39, 0.29) is 31.8 Å². The zero-order valence-corrected chi connectivity index (χ0v) is 13.6. The Labute approximate surface area is 138 Å². The molecule has 1 aromatic heterocycles. The highest BCUT2D eigenvalue weighted by atomic mass is 19.4. The summed E-state index contributed by atoms with van der Waals surface area (Å²) in [6.07, 6.45) is -1.13. The molecule has 2 rings (SSSR count). The van der Waals surface area contributed by atoms with Gasteiger partial charge in [-0.05, 0) is 38.3 Å². The molecule has 5 nitrogen and oxygen atoms in total. The van der Waals surface area contributed by atoms with Gasteiger partial charge in [0.1, 0.15) is 0 Å². The lowest BCUT2D eigenvalue weighted by Crippen LogP contribution is -2.50. The number of rotatable bonds is 3. The summed E-state index contributed by atoms with van der Waals surface area (Å²) < 4.78 is 37.3. The largest absolute Gasteiger partial charge is 0.471 e. The first-order valence-corrected chi connectivity index (χ1v) is 7.70. The molecule has 0 radical (unpaired) electrons. The van der Waals surface area contributed by atoms with Crippen LogP contribution in [0.15, 0.2) is 24.5 Å². The van der Waals surface area contributed by atoms with E-state index in [1.54, 1.807) is 18.5 Å². The van der Waals surface area contributed by atoms with Gasteiger partial charge in [0.25, 0.3) is 0 Å². The first kappa shape index (κ1) is 18.2. The average molecular weight is 343 g/mol. The number of carbonyl (C=O) groups is 2. The van der Waals surface area contributed by atoms with Gasteiger partial charge in [0.15, 0.2) is 0 Å². The second kappa shape index (κ2) is 6.78. The van der Waals surface area contributed by atoms with Crippen molar-refractivity contribution in [1.29, 1.82) is 0 Å². The summed E-state index contributed by atoms with van der Waals surface area (Å²) >= 11 is 0. The average Bonchev–Trinajstić information content (AvgIpc) is 2.54. The van der Waals surface area contributed by atoms with Crippen LogP contribution in [0.4, 0.5) is 13.2 Å². The van der Waals surface area contributed by atoms with E-state index in [0.29, 0.717) is 0 Å². The first-order chi connectivity index (χ1) is 11.1. The number of aromatic nitrogens is 1. The van der Waals surface area contributed by atoms with Crippen LogP contribution in [-0.4, -0.2) is 41.0 Å². The van der Waals surface area contributed by atoms with Crippen LogP contribution in [0, 0.1) is 5.92 Å². The fourth-order valence-corrected chi connectivity index (χ4v) is 2.74. The Morgan fingerprint density at radius 1 is 1.25 bits per heavy atom. The Morgan fingerprint density at radius 2 is 1.88 bits per heavy atom. The van der Waals surface area contributed by atoms with Gasteiger partial charge in [0.2, 0.25) is 5.91 Å². The van der Waals surface area contributed by atoms with Gasteiger partial charge in [-0.2, -0.15) is 13.2 Å². The van der Waals surface area contributed by atoms with Crippen LogP contribution < -0.4 is 5.32 Å². The van der Waals surface area contributed by atoms with Crippen LogP contribution >= 0.6 is 0 Å². The van der Waals surface area contributed by atoms with E-state index in [0.717, 1.165) is 10.5 Å².